The third-order valence-electron chi connectivity index (χ3n) is 3.22. The summed E-state index contributed by atoms with van der Waals surface area (Å²) in [6, 6.07) is 10.1. The van der Waals surface area contributed by atoms with Gasteiger partial charge in [0.1, 0.15) is 0 Å². The van der Waals surface area contributed by atoms with E-state index in [9.17, 15) is 4.79 Å². The zero-order valence-corrected chi connectivity index (χ0v) is 15.5. The van der Waals surface area contributed by atoms with Crippen molar-refractivity contribution in [2.45, 2.75) is 13.3 Å². The lowest BCUT2D eigenvalue weighted by Gasteiger charge is -2.12. The van der Waals surface area contributed by atoms with E-state index < -0.39 is 5.97 Å². The first kappa shape index (κ1) is 18.8. The first-order chi connectivity index (χ1) is 12.0. The maximum atomic E-state index is 11.0. The summed E-state index contributed by atoms with van der Waals surface area (Å²) < 4.78 is 11.8. The Morgan fingerprint density at radius 2 is 2.16 bits per heavy atom. The predicted molar refractivity (Wildman–Crippen MR) is 101 cm³/mol. The second-order valence-corrected chi connectivity index (χ2v) is 5.99. The zero-order chi connectivity index (χ0) is 18.2. The highest BCUT2D eigenvalue weighted by Crippen LogP contribution is 2.36. The topological polar surface area (TPSA) is 80.2 Å². The first-order valence-corrected chi connectivity index (χ1v) is 8.47. The Morgan fingerprint density at radius 1 is 1.36 bits per heavy atom. The molecule has 0 aliphatic carbocycles. The fourth-order valence-electron chi connectivity index (χ4n) is 2.06. The van der Waals surface area contributed by atoms with Gasteiger partial charge in [0.25, 0.3) is 0 Å². The Morgan fingerprint density at radius 3 is 2.84 bits per heavy atom. The zero-order valence-electron chi connectivity index (χ0n) is 14.0. The van der Waals surface area contributed by atoms with Crippen molar-refractivity contribution in [1.29, 1.82) is 0 Å². The van der Waals surface area contributed by atoms with E-state index >= 15 is 0 Å². The van der Waals surface area contributed by atoms with Crippen molar-refractivity contribution in [2.75, 3.05) is 19.1 Å². The molecule has 0 saturated heterocycles. The molecule has 7 heteroatoms. The fraction of sp³-hybridized carbons (Fsp3) is 0.222. The summed E-state index contributed by atoms with van der Waals surface area (Å²) in [6.45, 7) is 2.64. The Hall–Kier alpha value is -2.54. The minimum Gasteiger partial charge on any atom is -0.493 e. The van der Waals surface area contributed by atoms with Crippen LogP contribution in [-0.2, 0) is 0 Å². The van der Waals surface area contributed by atoms with Gasteiger partial charge in [0.05, 0.1) is 35.7 Å². The van der Waals surface area contributed by atoms with E-state index in [1.807, 2.05) is 19.1 Å². The minimum atomic E-state index is -0.982. The third kappa shape index (κ3) is 5.22. The van der Waals surface area contributed by atoms with Crippen LogP contribution in [0, 0.1) is 0 Å². The molecule has 6 nitrogen and oxygen atoms in total. The SMILES string of the molecule is CCCOc1c(Br)cc(/C=N\Nc2cccc(C(=O)O)c2)cc1OC. The second kappa shape index (κ2) is 9.08. The van der Waals surface area contributed by atoms with Crippen LogP contribution in [0.25, 0.3) is 0 Å². The maximum absolute atomic E-state index is 11.0. The summed E-state index contributed by atoms with van der Waals surface area (Å²) in [7, 11) is 1.58. The van der Waals surface area contributed by atoms with Gasteiger partial charge in [-0.15, -0.1) is 0 Å². The summed E-state index contributed by atoms with van der Waals surface area (Å²) in [5.74, 6) is 0.282. The van der Waals surface area contributed by atoms with Crippen molar-refractivity contribution < 1.29 is 19.4 Å². The summed E-state index contributed by atoms with van der Waals surface area (Å²) >= 11 is 3.48. The molecule has 0 saturated carbocycles. The van der Waals surface area contributed by atoms with Gasteiger partial charge in [0, 0.05) is 0 Å². The Kier molecular flexibility index (Phi) is 6.82. The number of nitrogens with zero attached hydrogens (tertiary/aromatic N) is 1. The normalized spacial score (nSPS) is 10.7. The summed E-state index contributed by atoms with van der Waals surface area (Å²) in [4.78, 5) is 11.0. The van der Waals surface area contributed by atoms with Crippen LogP contribution in [0.2, 0.25) is 0 Å². The smallest absolute Gasteiger partial charge is 0.335 e. The molecule has 0 amide bonds. The number of nitrogens with one attached hydrogen (secondary N) is 1. The molecule has 0 radical (unpaired) electrons. The van der Waals surface area contributed by atoms with E-state index in [4.69, 9.17) is 14.6 Å². The largest absolute Gasteiger partial charge is 0.493 e. The molecule has 2 aromatic carbocycles. The van der Waals surface area contributed by atoms with Gasteiger partial charge in [-0.05, 0) is 58.2 Å². The van der Waals surface area contributed by atoms with Crippen LogP contribution >= 0.6 is 15.9 Å². The van der Waals surface area contributed by atoms with Crippen molar-refractivity contribution >= 4 is 33.8 Å². The van der Waals surface area contributed by atoms with Gasteiger partial charge >= 0.3 is 5.97 Å². The number of hydrazone groups is 1. The van der Waals surface area contributed by atoms with Gasteiger partial charge in [0.2, 0.25) is 0 Å². The van der Waals surface area contributed by atoms with Gasteiger partial charge in [-0.25, -0.2) is 4.79 Å². The summed E-state index contributed by atoms with van der Waals surface area (Å²) in [6.07, 6.45) is 2.52. The molecule has 0 heterocycles. The van der Waals surface area contributed by atoms with E-state index in [2.05, 4.69) is 26.5 Å². The van der Waals surface area contributed by atoms with Crippen molar-refractivity contribution in [1.82, 2.24) is 0 Å². The number of ether oxygens (including phenoxy) is 2. The van der Waals surface area contributed by atoms with E-state index in [-0.39, 0.29) is 5.56 Å². The average molecular weight is 407 g/mol. The van der Waals surface area contributed by atoms with Gasteiger partial charge in [0.15, 0.2) is 11.5 Å². The number of benzene rings is 2. The number of carboxylic acid groups (broad SMARTS) is 1. The van der Waals surface area contributed by atoms with Gasteiger partial charge in [-0.2, -0.15) is 5.10 Å². The minimum absolute atomic E-state index is 0.196. The van der Waals surface area contributed by atoms with E-state index in [0.717, 1.165) is 16.5 Å². The third-order valence-corrected chi connectivity index (χ3v) is 3.81. The molecular formula is C18H19BrN2O4. The standard InChI is InChI=1S/C18H19BrN2O4/c1-3-7-25-17-15(19)8-12(9-16(17)24-2)11-20-21-14-6-4-5-13(10-14)18(22)23/h4-6,8-11,21H,3,7H2,1-2H3,(H,22,23)/b20-11-. The number of hydrogen-bond donors (Lipinski definition) is 2. The summed E-state index contributed by atoms with van der Waals surface area (Å²) in [5.41, 5.74) is 4.40. The maximum Gasteiger partial charge on any atom is 0.335 e. The molecule has 2 rings (SSSR count). The molecule has 2 N–H and O–H groups in total. The number of carbonyl (C=O) groups is 1. The van der Waals surface area contributed by atoms with Gasteiger partial charge in [-0.1, -0.05) is 13.0 Å². The quantitative estimate of drug-likeness (QED) is 0.501. The summed E-state index contributed by atoms with van der Waals surface area (Å²) in [5, 5.41) is 13.1. The first-order valence-electron chi connectivity index (χ1n) is 7.68. The molecule has 0 bridgehead atoms. The van der Waals surface area contributed by atoms with Crippen LogP contribution in [0.15, 0.2) is 46.0 Å². The highest BCUT2D eigenvalue weighted by Gasteiger charge is 2.10. The van der Waals surface area contributed by atoms with Crippen LogP contribution in [0.3, 0.4) is 0 Å². The van der Waals surface area contributed by atoms with Crippen LogP contribution in [0.5, 0.6) is 11.5 Å². The van der Waals surface area contributed by atoms with Crippen LogP contribution in [0.1, 0.15) is 29.3 Å². The monoisotopic (exact) mass is 406 g/mol. The lowest BCUT2D eigenvalue weighted by Crippen LogP contribution is -2.00. The lowest BCUT2D eigenvalue weighted by atomic mass is 10.2. The van der Waals surface area contributed by atoms with Crippen LogP contribution in [-0.4, -0.2) is 31.0 Å². The molecule has 0 unspecified atom stereocenters. The number of rotatable bonds is 8. The molecule has 0 aromatic heterocycles. The molecule has 0 spiro atoms. The average Bonchev–Trinajstić information content (AvgIpc) is 2.60. The Bertz CT molecular complexity index is 778. The van der Waals surface area contributed by atoms with Crippen LogP contribution < -0.4 is 14.9 Å². The molecule has 0 atom stereocenters. The number of aromatic carboxylic acids is 1. The van der Waals surface area contributed by atoms with E-state index in [1.54, 1.807) is 25.5 Å². The second-order valence-electron chi connectivity index (χ2n) is 5.14. The molecule has 25 heavy (non-hydrogen) atoms. The van der Waals surface area contributed by atoms with E-state index in [1.165, 1.54) is 12.1 Å². The Labute approximate surface area is 154 Å². The lowest BCUT2D eigenvalue weighted by molar-refractivity contribution is 0.0697. The molecule has 2 aromatic rings. The highest BCUT2D eigenvalue weighted by molar-refractivity contribution is 9.10. The number of hydrogen-bond acceptors (Lipinski definition) is 5. The van der Waals surface area contributed by atoms with Gasteiger partial charge in [-0.3, -0.25) is 5.43 Å². The van der Waals surface area contributed by atoms with Crippen molar-refractivity contribution in [3.63, 3.8) is 0 Å². The number of halogens is 1. The van der Waals surface area contributed by atoms with Crippen molar-refractivity contribution in [3.8, 4) is 11.5 Å². The predicted octanol–water partition coefficient (Wildman–Crippen LogP) is 4.39. The van der Waals surface area contributed by atoms with E-state index in [0.29, 0.717) is 23.8 Å². The molecular weight excluding hydrogens is 388 g/mol. The molecule has 0 aliphatic heterocycles. The number of methoxy groups -OCH3 is 1. The highest BCUT2D eigenvalue weighted by atomic mass is 79.9. The molecule has 132 valence electrons. The Balaban J connectivity index is 2.14. The van der Waals surface area contributed by atoms with Gasteiger partial charge < -0.3 is 14.6 Å². The number of anilines is 1. The van der Waals surface area contributed by atoms with Crippen molar-refractivity contribution in [2.24, 2.45) is 5.10 Å². The molecule has 0 aliphatic rings. The fourth-order valence-corrected chi connectivity index (χ4v) is 2.64. The van der Waals surface area contributed by atoms with Crippen molar-refractivity contribution in [3.05, 3.63) is 52.0 Å². The molecule has 0 fully saturated rings. The van der Waals surface area contributed by atoms with Crippen LogP contribution in [0.4, 0.5) is 5.69 Å². The number of carboxylic acids is 1.